The highest BCUT2D eigenvalue weighted by Gasteiger charge is 2.18. The highest BCUT2D eigenvalue weighted by Crippen LogP contribution is 2.21. The number of amides is 1. The van der Waals surface area contributed by atoms with Gasteiger partial charge in [0.15, 0.2) is 0 Å². The van der Waals surface area contributed by atoms with Gasteiger partial charge < -0.3 is 5.32 Å². The summed E-state index contributed by atoms with van der Waals surface area (Å²) in [5.74, 6) is 0.419. The van der Waals surface area contributed by atoms with Gasteiger partial charge in [-0.3, -0.25) is 19.8 Å². The number of carbonyl (C=O) groups is 1. The first-order valence-corrected chi connectivity index (χ1v) is 9.76. The first kappa shape index (κ1) is 20.0. The second-order valence-electron chi connectivity index (χ2n) is 7.69. The third-order valence-corrected chi connectivity index (χ3v) is 5.36. The number of nitro groups is 1. The molecule has 6 heteroatoms. The number of piperidine rings is 1. The molecule has 1 heterocycles. The zero-order valence-electron chi connectivity index (χ0n) is 16.5. The van der Waals surface area contributed by atoms with Crippen LogP contribution in [0.4, 0.5) is 5.69 Å². The number of hydrogen-bond donors (Lipinski definition) is 1. The van der Waals surface area contributed by atoms with Crippen LogP contribution in [0, 0.1) is 23.0 Å². The van der Waals surface area contributed by atoms with Gasteiger partial charge >= 0.3 is 0 Å². The number of nitrogens with zero attached hydrogens (tertiary/aromatic N) is 2. The molecule has 1 unspecified atom stereocenters. The fourth-order valence-electron chi connectivity index (χ4n) is 3.78. The summed E-state index contributed by atoms with van der Waals surface area (Å²) in [7, 11) is 0. The molecule has 1 N–H and O–H groups in total. The fraction of sp³-hybridized carbons (Fsp3) is 0.409. The van der Waals surface area contributed by atoms with E-state index in [-0.39, 0.29) is 11.6 Å². The van der Waals surface area contributed by atoms with Gasteiger partial charge in [-0.15, -0.1) is 0 Å². The summed E-state index contributed by atoms with van der Waals surface area (Å²) >= 11 is 0. The lowest BCUT2D eigenvalue weighted by molar-refractivity contribution is -0.385. The first-order chi connectivity index (χ1) is 13.4. The van der Waals surface area contributed by atoms with Gasteiger partial charge in [0.25, 0.3) is 11.6 Å². The van der Waals surface area contributed by atoms with Crippen molar-refractivity contribution >= 4 is 11.6 Å². The largest absolute Gasteiger partial charge is 0.348 e. The van der Waals surface area contributed by atoms with E-state index < -0.39 is 4.92 Å². The molecule has 0 spiro atoms. The third-order valence-electron chi connectivity index (χ3n) is 5.36. The summed E-state index contributed by atoms with van der Waals surface area (Å²) in [5, 5.41) is 14.0. The highest BCUT2D eigenvalue weighted by molar-refractivity contribution is 5.94. The molecule has 1 amide bonds. The average Bonchev–Trinajstić information content (AvgIpc) is 2.67. The molecule has 1 aliphatic rings. The number of nitro benzene ring substituents is 1. The molecule has 2 aromatic rings. The Bertz CT molecular complexity index is 866. The molecule has 1 fully saturated rings. The van der Waals surface area contributed by atoms with E-state index in [0.717, 1.165) is 31.1 Å². The molecule has 1 atom stereocenters. The lowest BCUT2D eigenvalue weighted by atomic mass is 9.99. The van der Waals surface area contributed by atoms with Crippen LogP contribution in [-0.4, -0.2) is 28.8 Å². The summed E-state index contributed by atoms with van der Waals surface area (Å²) in [6.45, 7) is 7.45. The highest BCUT2D eigenvalue weighted by atomic mass is 16.6. The maximum atomic E-state index is 12.5. The number of nitrogens with one attached hydrogen (secondary N) is 1. The average molecular weight is 381 g/mol. The van der Waals surface area contributed by atoms with E-state index in [1.165, 1.54) is 24.5 Å². The molecule has 0 radical (unpaired) electrons. The van der Waals surface area contributed by atoms with Crippen LogP contribution < -0.4 is 5.32 Å². The van der Waals surface area contributed by atoms with E-state index in [9.17, 15) is 14.9 Å². The van der Waals surface area contributed by atoms with Crippen LogP contribution in [0.3, 0.4) is 0 Å². The number of likely N-dealkylation sites (tertiary alicyclic amines) is 1. The van der Waals surface area contributed by atoms with Crippen molar-refractivity contribution in [3.8, 4) is 0 Å². The Balaban J connectivity index is 1.67. The minimum atomic E-state index is -0.457. The predicted molar refractivity (Wildman–Crippen MR) is 109 cm³/mol. The Labute approximate surface area is 165 Å². The second-order valence-corrected chi connectivity index (χ2v) is 7.69. The van der Waals surface area contributed by atoms with Gasteiger partial charge in [-0.05, 0) is 49.4 Å². The zero-order chi connectivity index (χ0) is 20.1. The van der Waals surface area contributed by atoms with Crippen LogP contribution in [0.25, 0.3) is 0 Å². The Morgan fingerprint density at radius 1 is 1.25 bits per heavy atom. The van der Waals surface area contributed by atoms with Crippen LogP contribution in [0.1, 0.15) is 46.8 Å². The van der Waals surface area contributed by atoms with Crippen molar-refractivity contribution in [2.45, 2.75) is 39.8 Å². The summed E-state index contributed by atoms with van der Waals surface area (Å²) in [5.41, 5.74) is 3.11. The SMILES string of the molecule is Cc1ccc(C(=O)NCc2ccccc2CN2CCCC(C)C2)cc1[N+](=O)[O-]. The van der Waals surface area contributed by atoms with E-state index in [0.29, 0.717) is 17.7 Å². The molecule has 3 rings (SSSR count). The zero-order valence-corrected chi connectivity index (χ0v) is 16.5. The Morgan fingerprint density at radius 3 is 2.71 bits per heavy atom. The molecule has 28 heavy (non-hydrogen) atoms. The first-order valence-electron chi connectivity index (χ1n) is 9.76. The number of benzene rings is 2. The van der Waals surface area contributed by atoms with E-state index in [4.69, 9.17) is 0 Å². The van der Waals surface area contributed by atoms with E-state index >= 15 is 0 Å². The van der Waals surface area contributed by atoms with E-state index in [2.05, 4.69) is 23.2 Å². The van der Waals surface area contributed by atoms with Crippen LogP contribution >= 0.6 is 0 Å². The van der Waals surface area contributed by atoms with Gasteiger partial charge in [0.2, 0.25) is 0 Å². The smallest absolute Gasteiger partial charge is 0.273 e. The van der Waals surface area contributed by atoms with Crippen molar-refractivity contribution in [3.63, 3.8) is 0 Å². The number of aryl methyl sites for hydroxylation is 1. The molecule has 2 aromatic carbocycles. The molecule has 1 aliphatic heterocycles. The molecule has 0 bridgehead atoms. The number of carbonyl (C=O) groups excluding carboxylic acids is 1. The summed E-state index contributed by atoms with van der Waals surface area (Å²) < 4.78 is 0. The van der Waals surface area contributed by atoms with Crippen molar-refractivity contribution in [3.05, 3.63) is 74.8 Å². The van der Waals surface area contributed by atoms with E-state index in [1.807, 2.05) is 18.2 Å². The van der Waals surface area contributed by atoms with Gasteiger partial charge in [0, 0.05) is 36.8 Å². The third kappa shape index (κ3) is 4.95. The van der Waals surface area contributed by atoms with Crippen molar-refractivity contribution in [1.29, 1.82) is 0 Å². The Hall–Kier alpha value is -2.73. The van der Waals surface area contributed by atoms with Crippen molar-refractivity contribution in [1.82, 2.24) is 10.2 Å². The maximum absolute atomic E-state index is 12.5. The molecule has 6 nitrogen and oxygen atoms in total. The Kier molecular flexibility index (Phi) is 6.41. The van der Waals surface area contributed by atoms with Crippen LogP contribution in [0.2, 0.25) is 0 Å². The van der Waals surface area contributed by atoms with E-state index in [1.54, 1.807) is 19.1 Å². The normalized spacial score (nSPS) is 17.3. The molecular weight excluding hydrogens is 354 g/mol. The van der Waals surface area contributed by atoms with Gasteiger partial charge in [-0.2, -0.15) is 0 Å². The van der Waals surface area contributed by atoms with Crippen molar-refractivity contribution in [2.24, 2.45) is 5.92 Å². The number of hydrogen-bond acceptors (Lipinski definition) is 4. The molecule has 0 aromatic heterocycles. The van der Waals surface area contributed by atoms with Gasteiger partial charge in [0.05, 0.1) is 4.92 Å². The van der Waals surface area contributed by atoms with Crippen LogP contribution in [0.15, 0.2) is 42.5 Å². The molecule has 0 aliphatic carbocycles. The topological polar surface area (TPSA) is 75.5 Å². The molecular formula is C22H27N3O3. The van der Waals surface area contributed by atoms with Crippen molar-refractivity contribution < 1.29 is 9.72 Å². The van der Waals surface area contributed by atoms with Crippen LogP contribution in [0.5, 0.6) is 0 Å². The lowest BCUT2D eigenvalue weighted by Gasteiger charge is -2.31. The quantitative estimate of drug-likeness (QED) is 0.605. The fourth-order valence-corrected chi connectivity index (χ4v) is 3.78. The minimum absolute atomic E-state index is 0.0349. The number of rotatable bonds is 6. The van der Waals surface area contributed by atoms with Gasteiger partial charge in [0.1, 0.15) is 0 Å². The van der Waals surface area contributed by atoms with Crippen molar-refractivity contribution in [2.75, 3.05) is 13.1 Å². The summed E-state index contributed by atoms with van der Waals surface area (Å²) in [6, 6.07) is 12.7. The minimum Gasteiger partial charge on any atom is -0.348 e. The maximum Gasteiger partial charge on any atom is 0.273 e. The molecule has 1 saturated heterocycles. The van der Waals surface area contributed by atoms with Gasteiger partial charge in [-0.1, -0.05) is 37.3 Å². The standard InChI is InChI=1S/C22H27N3O3/c1-16-6-5-11-24(14-16)15-20-8-4-3-7-19(20)13-23-22(26)18-10-9-17(2)21(12-18)25(27)28/h3-4,7-10,12,16H,5-6,11,13-15H2,1-2H3,(H,23,26). The predicted octanol–water partition coefficient (Wildman–Crippen LogP) is 4.07. The lowest BCUT2D eigenvalue weighted by Crippen LogP contribution is -2.34. The monoisotopic (exact) mass is 381 g/mol. The molecule has 0 saturated carbocycles. The summed E-state index contributed by atoms with van der Waals surface area (Å²) in [4.78, 5) is 25.6. The van der Waals surface area contributed by atoms with Crippen LogP contribution in [-0.2, 0) is 13.1 Å². The Morgan fingerprint density at radius 2 is 2.00 bits per heavy atom. The second kappa shape index (κ2) is 8.97. The summed E-state index contributed by atoms with van der Waals surface area (Å²) in [6.07, 6.45) is 2.52. The molecule has 148 valence electrons. The van der Waals surface area contributed by atoms with Gasteiger partial charge in [-0.25, -0.2) is 0 Å².